The van der Waals surface area contributed by atoms with Gasteiger partial charge >= 0.3 is 6.09 Å². The second-order valence-corrected chi connectivity index (χ2v) is 4.86. The molecule has 1 unspecified atom stereocenters. The van der Waals surface area contributed by atoms with Crippen molar-refractivity contribution in [3.63, 3.8) is 0 Å². The molecule has 1 amide bonds. The lowest BCUT2D eigenvalue weighted by Gasteiger charge is -2.20. The Hall–Kier alpha value is -1.10. The lowest BCUT2D eigenvalue weighted by atomic mass is 9.90. The Kier molecular flexibility index (Phi) is 6.12. The molecule has 5 nitrogen and oxygen atoms in total. The Labute approximate surface area is 108 Å². The van der Waals surface area contributed by atoms with E-state index in [2.05, 4.69) is 10.1 Å². The molecule has 1 rings (SSSR count). The fraction of sp³-hybridized carbons (Fsp3) is 0.846. The highest BCUT2D eigenvalue weighted by Gasteiger charge is 2.29. The maximum absolute atomic E-state index is 12.3. The number of rotatable bonds is 4. The Bertz CT molecular complexity index is 293. The van der Waals surface area contributed by atoms with Crippen LogP contribution < -0.4 is 5.32 Å². The van der Waals surface area contributed by atoms with Crippen LogP contribution in [0.25, 0.3) is 0 Å². The third kappa shape index (κ3) is 4.29. The van der Waals surface area contributed by atoms with Crippen molar-refractivity contribution in [1.82, 2.24) is 5.32 Å². The molecule has 1 aliphatic carbocycles. The van der Waals surface area contributed by atoms with E-state index in [0.717, 1.165) is 19.3 Å². The summed E-state index contributed by atoms with van der Waals surface area (Å²) in [6.07, 6.45) is 3.53. The van der Waals surface area contributed by atoms with Crippen molar-refractivity contribution < 1.29 is 19.4 Å². The summed E-state index contributed by atoms with van der Waals surface area (Å²) in [6.45, 7) is 1.87. The number of hydrogen-bond donors (Lipinski definition) is 2. The molecule has 0 radical (unpaired) electrons. The highest BCUT2D eigenvalue weighted by molar-refractivity contribution is 5.89. The van der Waals surface area contributed by atoms with Crippen molar-refractivity contribution in [2.75, 3.05) is 7.11 Å². The van der Waals surface area contributed by atoms with Crippen LogP contribution in [0, 0.1) is 5.92 Å². The van der Waals surface area contributed by atoms with Crippen LogP contribution in [0.3, 0.4) is 0 Å². The average molecular weight is 257 g/mol. The lowest BCUT2D eigenvalue weighted by molar-refractivity contribution is -0.125. The van der Waals surface area contributed by atoms with E-state index in [0.29, 0.717) is 19.3 Å². The van der Waals surface area contributed by atoms with Gasteiger partial charge in [0.1, 0.15) is 0 Å². The number of Topliss-reactive ketones (excluding diaryl/α,β-unsaturated/α-hetero) is 1. The van der Waals surface area contributed by atoms with Gasteiger partial charge in [-0.05, 0) is 32.1 Å². The van der Waals surface area contributed by atoms with Crippen LogP contribution in [0.15, 0.2) is 0 Å². The number of aliphatic hydroxyl groups excluding tert-OH is 1. The molecule has 0 saturated heterocycles. The Morgan fingerprint density at radius 3 is 2.67 bits per heavy atom. The first kappa shape index (κ1) is 15.0. The third-order valence-electron chi connectivity index (χ3n) is 3.57. The van der Waals surface area contributed by atoms with Gasteiger partial charge in [-0.25, -0.2) is 4.79 Å². The predicted molar refractivity (Wildman–Crippen MR) is 67.2 cm³/mol. The molecule has 0 bridgehead atoms. The normalized spacial score (nSPS) is 25.9. The zero-order valence-electron chi connectivity index (χ0n) is 11.1. The van der Waals surface area contributed by atoms with E-state index in [1.165, 1.54) is 7.11 Å². The van der Waals surface area contributed by atoms with Gasteiger partial charge in [0.15, 0.2) is 5.78 Å². The number of hydrogen-bond acceptors (Lipinski definition) is 4. The molecule has 2 N–H and O–H groups in total. The standard InChI is InChI=1S/C13H23NO4/c1-3-11(14-13(17)18-2)12(16)9-5-4-6-10(15)8-7-9/h9-11,15H,3-8H2,1-2H3,(H,14,17)/t9?,10-,11+/m1/s1. The predicted octanol–water partition coefficient (Wildman–Crippen LogP) is 1.63. The number of amides is 1. The molecule has 0 aromatic carbocycles. The summed E-state index contributed by atoms with van der Waals surface area (Å²) in [5, 5.41) is 12.1. The lowest BCUT2D eigenvalue weighted by Crippen LogP contribution is -2.43. The third-order valence-corrected chi connectivity index (χ3v) is 3.57. The minimum Gasteiger partial charge on any atom is -0.453 e. The van der Waals surface area contributed by atoms with E-state index < -0.39 is 12.1 Å². The van der Waals surface area contributed by atoms with Crippen LogP contribution in [0.1, 0.15) is 45.4 Å². The number of alkyl carbamates (subject to hydrolysis) is 1. The fourth-order valence-electron chi connectivity index (χ4n) is 2.43. The van der Waals surface area contributed by atoms with Gasteiger partial charge in [-0.3, -0.25) is 4.79 Å². The minimum atomic E-state index is -0.566. The summed E-state index contributed by atoms with van der Waals surface area (Å²) in [5.41, 5.74) is 0. The molecular formula is C13H23NO4. The van der Waals surface area contributed by atoms with Crippen molar-refractivity contribution in [2.45, 2.75) is 57.6 Å². The van der Waals surface area contributed by atoms with Crippen molar-refractivity contribution in [1.29, 1.82) is 0 Å². The van der Waals surface area contributed by atoms with Crippen LogP contribution in [0.2, 0.25) is 0 Å². The van der Waals surface area contributed by atoms with E-state index >= 15 is 0 Å². The van der Waals surface area contributed by atoms with Gasteiger partial charge in [0.25, 0.3) is 0 Å². The Balaban J connectivity index is 2.56. The molecule has 0 heterocycles. The van der Waals surface area contributed by atoms with Gasteiger partial charge in [-0.1, -0.05) is 13.3 Å². The van der Waals surface area contributed by atoms with Gasteiger partial charge in [-0.15, -0.1) is 0 Å². The number of ketones is 1. The molecule has 3 atom stereocenters. The zero-order chi connectivity index (χ0) is 13.5. The number of carbonyl (C=O) groups is 2. The summed E-state index contributed by atoms with van der Waals surface area (Å²) in [6, 6.07) is -0.474. The van der Waals surface area contributed by atoms with Gasteiger partial charge < -0.3 is 15.2 Å². The Morgan fingerprint density at radius 1 is 1.33 bits per heavy atom. The van der Waals surface area contributed by atoms with Gasteiger partial charge in [-0.2, -0.15) is 0 Å². The molecule has 1 saturated carbocycles. The molecule has 0 aliphatic heterocycles. The second kappa shape index (κ2) is 7.36. The minimum absolute atomic E-state index is 0.0516. The monoisotopic (exact) mass is 257 g/mol. The number of nitrogens with one attached hydrogen (secondary N) is 1. The number of carbonyl (C=O) groups excluding carboxylic acids is 2. The molecule has 5 heteroatoms. The highest BCUT2D eigenvalue weighted by Crippen LogP contribution is 2.25. The largest absolute Gasteiger partial charge is 0.453 e. The summed E-state index contributed by atoms with van der Waals surface area (Å²) in [4.78, 5) is 23.5. The molecule has 18 heavy (non-hydrogen) atoms. The molecule has 0 aromatic rings. The summed E-state index contributed by atoms with van der Waals surface area (Å²) in [7, 11) is 1.29. The summed E-state index contributed by atoms with van der Waals surface area (Å²) in [5.74, 6) is 0.0151. The second-order valence-electron chi connectivity index (χ2n) is 4.86. The van der Waals surface area contributed by atoms with E-state index in [1.54, 1.807) is 0 Å². The van der Waals surface area contributed by atoms with Gasteiger partial charge in [0.05, 0.1) is 19.3 Å². The van der Waals surface area contributed by atoms with Gasteiger partial charge in [0, 0.05) is 5.92 Å². The van der Waals surface area contributed by atoms with E-state index in [1.807, 2.05) is 6.92 Å². The van der Waals surface area contributed by atoms with Crippen LogP contribution in [-0.4, -0.2) is 36.2 Å². The smallest absolute Gasteiger partial charge is 0.407 e. The number of aliphatic hydroxyl groups is 1. The molecule has 0 spiro atoms. The van der Waals surface area contributed by atoms with Crippen molar-refractivity contribution in [3.05, 3.63) is 0 Å². The maximum atomic E-state index is 12.3. The van der Waals surface area contributed by atoms with Crippen molar-refractivity contribution >= 4 is 11.9 Å². The summed E-state index contributed by atoms with van der Waals surface area (Å²) >= 11 is 0. The molecule has 1 aliphatic rings. The quantitative estimate of drug-likeness (QED) is 0.751. The number of methoxy groups -OCH3 is 1. The fourth-order valence-corrected chi connectivity index (χ4v) is 2.43. The SMILES string of the molecule is CC[C@H](NC(=O)OC)C(=O)C1CCC[C@@H](O)CC1. The molecule has 104 valence electrons. The van der Waals surface area contributed by atoms with Crippen LogP contribution >= 0.6 is 0 Å². The maximum Gasteiger partial charge on any atom is 0.407 e. The van der Waals surface area contributed by atoms with E-state index in [4.69, 9.17) is 0 Å². The molecular weight excluding hydrogens is 234 g/mol. The van der Waals surface area contributed by atoms with E-state index in [9.17, 15) is 14.7 Å². The highest BCUT2D eigenvalue weighted by atomic mass is 16.5. The molecule has 0 aromatic heterocycles. The van der Waals surface area contributed by atoms with Crippen LogP contribution in [-0.2, 0) is 9.53 Å². The van der Waals surface area contributed by atoms with Crippen molar-refractivity contribution in [3.8, 4) is 0 Å². The number of ether oxygens (including phenoxy) is 1. The van der Waals surface area contributed by atoms with Gasteiger partial charge in [0.2, 0.25) is 0 Å². The first-order valence-corrected chi connectivity index (χ1v) is 6.64. The Morgan fingerprint density at radius 2 is 2.06 bits per heavy atom. The van der Waals surface area contributed by atoms with Crippen molar-refractivity contribution in [2.24, 2.45) is 5.92 Å². The summed E-state index contributed by atoms with van der Waals surface area (Å²) < 4.78 is 4.52. The molecule has 1 fully saturated rings. The zero-order valence-corrected chi connectivity index (χ0v) is 11.1. The first-order valence-electron chi connectivity index (χ1n) is 6.64. The topological polar surface area (TPSA) is 75.6 Å². The first-order chi connectivity index (χ1) is 8.58. The van der Waals surface area contributed by atoms with Crippen LogP contribution in [0.4, 0.5) is 4.79 Å². The van der Waals surface area contributed by atoms with Crippen LogP contribution in [0.5, 0.6) is 0 Å². The average Bonchev–Trinajstić information content (AvgIpc) is 2.59. The van der Waals surface area contributed by atoms with E-state index in [-0.39, 0.29) is 17.8 Å².